The minimum Gasteiger partial charge on any atom is -0.335 e. The molecule has 0 radical (unpaired) electrons. The molecule has 21 heavy (non-hydrogen) atoms. The molecule has 2 aromatic heterocycles. The molecule has 0 saturated heterocycles. The first-order valence-corrected chi connectivity index (χ1v) is 7.06. The molecule has 0 spiro atoms. The number of fused-ring (bicyclic) bond motifs is 1. The van der Waals surface area contributed by atoms with Gasteiger partial charge in [0, 0.05) is 25.3 Å². The topological polar surface area (TPSA) is 91.8 Å². The van der Waals surface area contributed by atoms with Gasteiger partial charge >= 0.3 is 6.03 Å². The van der Waals surface area contributed by atoms with Crippen molar-refractivity contribution in [3.05, 3.63) is 27.2 Å². The molecular formula is C14H19N5O2. The number of nitrogens with one attached hydrogen (secondary N) is 3. The van der Waals surface area contributed by atoms with Crippen LogP contribution in [-0.2, 0) is 13.6 Å². The molecule has 0 unspecified atom stereocenters. The highest BCUT2D eigenvalue weighted by Gasteiger charge is 2.23. The molecule has 0 aromatic carbocycles. The third-order valence-electron chi connectivity index (χ3n) is 3.91. The Balaban J connectivity index is 1.89. The number of pyridine rings is 1. The van der Waals surface area contributed by atoms with Gasteiger partial charge < -0.3 is 10.6 Å². The fraction of sp³-hybridized carbons (Fsp3) is 0.500. The van der Waals surface area contributed by atoms with E-state index in [1.807, 2.05) is 13.8 Å². The molecule has 1 aliphatic carbocycles. The molecule has 1 saturated carbocycles. The van der Waals surface area contributed by atoms with Gasteiger partial charge in [0.25, 0.3) is 5.56 Å². The molecular weight excluding hydrogens is 270 g/mol. The summed E-state index contributed by atoms with van der Waals surface area (Å²) in [6.45, 7) is 4.15. The van der Waals surface area contributed by atoms with Gasteiger partial charge in [-0.3, -0.25) is 14.6 Å². The normalized spacial score (nSPS) is 14.4. The summed E-state index contributed by atoms with van der Waals surface area (Å²) in [4.78, 5) is 28.1. The summed E-state index contributed by atoms with van der Waals surface area (Å²) in [7, 11) is 1.76. The fourth-order valence-electron chi connectivity index (χ4n) is 2.54. The fourth-order valence-corrected chi connectivity index (χ4v) is 2.54. The van der Waals surface area contributed by atoms with Crippen molar-refractivity contribution in [3.63, 3.8) is 0 Å². The van der Waals surface area contributed by atoms with E-state index >= 15 is 0 Å². The van der Waals surface area contributed by atoms with Gasteiger partial charge in [0.15, 0.2) is 5.65 Å². The molecule has 7 nitrogen and oxygen atoms in total. The Labute approximate surface area is 121 Å². The van der Waals surface area contributed by atoms with Crippen molar-refractivity contribution >= 4 is 17.1 Å². The average molecular weight is 289 g/mol. The zero-order chi connectivity index (χ0) is 15.1. The van der Waals surface area contributed by atoms with Crippen LogP contribution in [0.5, 0.6) is 0 Å². The minimum atomic E-state index is -0.168. The van der Waals surface area contributed by atoms with Crippen LogP contribution < -0.4 is 16.2 Å². The quantitative estimate of drug-likeness (QED) is 0.782. The number of rotatable bonds is 3. The van der Waals surface area contributed by atoms with Gasteiger partial charge in [0.1, 0.15) is 0 Å². The number of aromatic nitrogens is 3. The zero-order valence-corrected chi connectivity index (χ0v) is 12.4. The third kappa shape index (κ3) is 2.51. The number of amides is 2. The number of H-pyrrole nitrogens is 1. The Hall–Kier alpha value is -2.31. The van der Waals surface area contributed by atoms with Crippen LogP contribution in [0.2, 0.25) is 0 Å². The van der Waals surface area contributed by atoms with Gasteiger partial charge in [-0.25, -0.2) is 9.78 Å². The number of nitrogens with zero attached hydrogens (tertiary/aromatic N) is 2. The lowest BCUT2D eigenvalue weighted by atomic mass is 10.1. The maximum atomic E-state index is 12.0. The van der Waals surface area contributed by atoms with Crippen molar-refractivity contribution in [1.29, 1.82) is 0 Å². The smallest absolute Gasteiger partial charge is 0.315 e. The van der Waals surface area contributed by atoms with Gasteiger partial charge in [0.2, 0.25) is 0 Å². The second-order valence-corrected chi connectivity index (χ2v) is 5.60. The van der Waals surface area contributed by atoms with Crippen molar-refractivity contribution in [2.75, 3.05) is 0 Å². The molecule has 1 aliphatic rings. The van der Waals surface area contributed by atoms with Crippen LogP contribution in [0.4, 0.5) is 4.79 Å². The van der Waals surface area contributed by atoms with E-state index < -0.39 is 0 Å². The number of aromatic amines is 1. The number of carbonyl (C=O) groups excluding carboxylic acids is 1. The first-order chi connectivity index (χ1) is 9.97. The Bertz CT molecular complexity index is 770. The van der Waals surface area contributed by atoms with Crippen molar-refractivity contribution in [1.82, 2.24) is 25.4 Å². The Kier molecular flexibility index (Phi) is 3.19. The van der Waals surface area contributed by atoms with Gasteiger partial charge in [0.05, 0.1) is 5.39 Å². The van der Waals surface area contributed by atoms with Crippen molar-refractivity contribution in [2.24, 2.45) is 7.05 Å². The van der Waals surface area contributed by atoms with Crippen molar-refractivity contribution < 1.29 is 4.79 Å². The number of aryl methyl sites for hydroxylation is 3. The van der Waals surface area contributed by atoms with E-state index in [4.69, 9.17) is 0 Å². The number of hydrogen-bond donors (Lipinski definition) is 3. The highest BCUT2D eigenvalue weighted by atomic mass is 16.2. The van der Waals surface area contributed by atoms with Crippen LogP contribution in [-0.4, -0.2) is 26.8 Å². The average Bonchev–Trinajstić information content (AvgIpc) is 3.16. The minimum absolute atomic E-state index is 0.152. The third-order valence-corrected chi connectivity index (χ3v) is 3.91. The van der Waals surface area contributed by atoms with E-state index in [2.05, 4.69) is 20.7 Å². The number of carbonyl (C=O) groups is 1. The largest absolute Gasteiger partial charge is 0.335 e. The molecule has 2 heterocycles. The lowest BCUT2D eigenvalue weighted by molar-refractivity contribution is 0.240. The first kappa shape index (κ1) is 13.7. The zero-order valence-electron chi connectivity index (χ0n) is 12.4. The lowest BCUT2D eigenvalue weighted by Crippen LogP contribution is -2.36. The standard InChI is InChI=1S/C14H19N5O2/c1-7-10(6-15-14(21)17-9-4-5-9)8(2)16-12-11(7)13(20)18-19(12)3/h9H,4-6H2,1-3H3,(H,18,20)(H2,15,17,21). The van der Waals surface area contributed by atoms with Crippen LogP contribution >= 0.6 is 0 Å². The SMILES string of the molecule is Cc1nc2c(c(C)c1CNC(=O)NC1CC1)c(=O)[nH]n2C. The second-order valence-electron chi connectivity index (χ2n) is 5.60. The maximum absolute atomic E-state index is 12.0. The van der Waals surface area contributed by atoms with E-state index in [9.17, 15) is 9.59 Å². The Morgan fingerprint density at radius 2 is 2.14 bits per heavy atom. The van der Waals surface area contributed by atoms with Crippen molar-refractivity contribution in [2.45, 2.75) is 39.3 Å². The highest BCUT2D eigenvalue weighted by Crippen LogP contribution is 2.20. The van der Waals surface area contributed by atoms with Crippen LogP contribution in [0.25, 0.3) is 11.0 Å². The summed E-state index contributed by atoms with van der Waals surface area (Å²) in [5.41, 5.74) is 3.07. The molecule has 112 valence electrons. The van der Waals surface area contributed by atoms with E-state index in [1.165, 1.54) is 0 Å². The van der Waals surface area contributed by atoms with Gasteiger partial charge in [-0.15, -0.1) is 0 Å². The highest BCUT2D eigenvalue weighted by molar-refractivity contribution is 5.80. The lowest BCUT2D eigenvalue weighted by Gasteiger charge is -2.12. The molecule has 0 bridgehead atoms. The monoisotopic (exact) mass is 289 g/mol. The second kappa shape index (κ2) is 4.91. The molecule has 3 rings (SSSR count). The van der Waals surface area contributed by atoms with Crippen molar-refractivity contribution in [3.8, 4) is 0 Å². The number of hydrogen-bond acceptors (Lipinski definition) is 3. The first-order valence-electron chi connectivity index (χ1n) is 7.06. The van der Waals surface area contributed by atoms with Crippen LogP contribution in [0, 0.1) is 13.8 Å². The summed E-state index contributed by atoms with van der Waals surface area (Å²) < 4.78 is 1.62. The molecule has 7 heteroatoms. The van der Waals surface area contributed by atoms with Gasteiger partial charge in [-0.1, -0.05) is 0 Å². The van der Waals surface area contributed by atoms with Crippen LogP contribution in [0.15, 0.2) is 4.79 Å². The molecule has 3 N–H and O–H groups in total. The van der Waals surface area contributed by atoms with Crippen LogP contribution in [0.3, 0.4) is 0 Å². The molecule has 2 amide bonds. The Morgan fingerprint density at radius 3 is 2.81 bits per heavy atom. The molecule has 0 aliphatic heterocycles. The van der Waals surface area contributed by atoms with E-state index in [0.717, 1.165) is 29.7 Å². The summed E-state index contributed by atoms with van der Waals surface area (Å²) in [6.07, 6.45) is 2.11. The molecule has 0 atom stereocenters. The summed E-state index contributed by atoms with van der Waals surface area (Å²) in [5.74, 6) is 0. The van der Waals surface area contributed by atoms with Crippen LogP contribution in [0.1, 0.15) is 29.7 Å². The summed E-state index contributed by atoms with van der Waals surface area (Å²) in [5, 5.41) is 9.00. The predicted molar refractivity (Wildman–Crippen MR) is 79.2 cm³/mol. The molecule has 1 fully saturated rings. The predicted octanol–water partition coefficient (Wildman–Crippen LogP) is 0.840. The maximum Gasteiger partial charge on any atom is 0.315 e. The summed E-state index contributed by atoms with van der Waals surface area (Å²) in [6, 6.07) is 0.156. The van der Waals surface area contributed by atoms with Gasteiger partial charge in [-0.2, -0.15) is 0 Å². The summed E-state index contributed by atoms with van der Waals surface area (Å²) >= 11 is 0. The number of urea groups is 1. The van der Waals surface area contributed by atoms with E-state index in [1.54, 1.807) is 11.7 Å². The van der Waals surface area contributed by atoms with Gasteiger partial charge in [-0.05, 0) is 37.8 Å². The Morgan fingerprint density at radius 1 is 1.43 bits per heavy atom. The van der Waals surface area contributed by atoms with E-state index in [-0.39, 0.29) is 11.6 Å². The van der Waals surface area contributed by atoms with E-state index in [0.29, 0.717) is 23.6 Å². The molecule has 2 aromatic rings.